The van der Waals surface area contributed by atoms with Crippen LogP contribution in [0.2, 0.25) is 0 Å². The Morgan fingerprint density at radius 3 is 2.62 bits per heavy atom. The highest BCUT2D eigenvalue weighted by atomic mass is 32.2. The van der Waals surface area contributed by atoms with Crippen molar-refractivity contribution in [3.63, 3.8) is 0 Å². The summed E-state index contributed by atoms with van der Waals surface area (Å²) in [5.41, 5.74) is 0. The molecule has 0 bridgehead atoms. The van der Waals surface area contributed by atoms with Crippen LogP contribution >= 0.6 is 0 Å². The van der Waals surface area contributed by atoms with Crippen molar-refractivity contribution < 1.29 is 23.1 Å². The van der Waals surface area contributed by atoms with Crippen molar-refractivity contribution in [2.24, 2.45) is 0 Å². The molecule has 0 spiro atoms. The lowest BCUT2D eigenvalue weighted by Gasteiger charge is -2.02. The maximum atomic E-state index is 10.7. The van der Waals surface area contributed by atoms with Crippen molar-refractivity contribution in [1.82, 2.24) is 0 Å². The first-order valence-electron chi connectivity index (χ1n) is 3.98. The molecule has 0 aliphatic rings. The number of rotatable bonds is 6. The number of ether oxygens (including phenoxy) is 1. The average molecular weight is 210 g/mol. The maximum Gasteiger partial charge on any atom is 0.307 e. The van der Waals surface area contributed by atoms with E-state index in [1.165, 1.54) is 0 Å². The fourth-order valence-electron chi connectivity index (χ4n) is 0.791. The summed E-state index contributed by atoms with van der Waals surface area (Å²) in [5, 5.41) is 7.79. The summed E-state index contributed by atoms with van der Waals surface area (Å²) in [7, 11) is -2.40. The van der Waals surface area contributed by atoms with Gasteiger partial charge >= 0.3 is 5.97 Å². The number of hydrogen-bond acceptors (Lipinski definition) is 5. The van der Waals surface area contributed by atoms with Gasteiger partial charge in [0, 0.05) is 6.42 Å². The molecule has 0 heterocycles. The van der Waals surface area contributed by atoms with E-state index in [1.807, 2.05) is 0 Å². The van der Waals surface area contributed by atoms with Crippen LogP contribution in [0.25, 0.3) is 0 Å². The highest BCUT2D eigenvalue weighted by Crippen LogP contribution is 2.04. The molecule has 1 unspecified atom stereocenters. The van der Waals surface area contributed by atoms with Gasteiger partial charge in [0.2, 0.25) is 0 Å². The molecule has 0 radical (unpaired) electrons. The Kier molecular flexibility index (Phi) is 6.52. The predicted octanol–water partition coefficient (Wildman–Crippen LogP) is -0.350. The van der Waals surface area contributed by atoms with Crippen molar-refractivity contribution in [1.29, 1.82) is 0 Å². The third kappa shape index (κ3) is 6.53. The maximum absolute atomic E-state index is 10.7. The quantitative estimate of drug-likeness (QED) is 0.356. The summed E-state index contributed by atoms with van der Waals surface area (Å²) in [6.45, 7) is 0.966. The lowest BCUT2D eigenvalue weighted by molar-refractivity contribution is -0.151. The molecule has 5 nitrogen and oxygen atoms in total. The van der Waals surface area contributed by atoms with Gasteiger partial charge in [-0.2, -0.15) is 0 Å². The number of hydrogen-bond donors (Lipinski definition) is 2. The number of carbonyl (C=O) groups excluding carboxylic acids is 1. The van der Waals surface area contributed by atoms with Crippen molar-refractivity contribution in [2.45, 2.75) is 31.4 Å². The van der Waals surface area contributed by atoms with Gasteiger partial charge in [0.05, 0.1) is 5.25 Å². The van der Waals surface area contributed by atoms with E-state index in [0.29, 0.717) is 12.8 Å². The van der Waals surface area contributed by atoms with E-state index in [0.717, 1.165) is 0 Å². The lowest BCUT2D eigenvalue weighted by atomic mass is 10.2. The van der Waals surface area contributed by atoms with Gasteiger partial charge in [-0.05, 0) is 19.8 Å². The van der Waals surface area contributed by atoms with Crippen LogP contribution in [0.1, 0.15) is 26.2 Å². The van der Waals surface area contributed by atoms with Crippen LogP contribution < -0.4 is 0 Å². The van der Waals surface area contributed by atoms with Gasteiger partial charge in [-0.15, -0.1) is 0 Å². The van der Waals surface area contributed by atoms with Gasteiger partial charge in [-0.25, -0.2) is 8.42 Å². The first kappa shape index (κ1) is 12.4. The first-order valence-corrected chi connectivity index (χ1v) is 5.22. The minimum absolute atomic E-state index is 0.147. The van der Waals surface area contributed by atoms with Crippen molar-refractivity contribution in [2.75, 3.05) is 6.79 Å². The van der Waals surface area contributed by atoms with Crippen LogP contribution in [0.5, 0.6) is 0 Å². The van der Waals surface area contributed by atoms with E-state index in [-0.39, 0.29) is 6.42 Å². The highest BCUT2D eigenvalue weighted by molar-refractivity contribution is 7.73. The summed E-state index contributed by atoms with van der Waals surface area (Å²) >= 11 is 0. The third-order valence-electron chi connectivity index (χ3n) is 1.59. The van der Waals surface area contributed by atoms with Crippen LogP contribution in [0, 0.1) is 0 Å². The van der Waals surface area contributed by atoms with Crippen LogP contribution in [0.4, 0.5) is 0 Å². The summed E-state index contributed by atoms with van der Waals surface area (Å²) in [6, 6.07) is 0. The fourth-order valence-corrected chi connectivity index (χ4v) is 1.18. The number of carbonyl (C=O) groups is 1. The zero-order chi connectivity index (χ0) is 10.3. The highest BCUT2D eigenvalue weighted by Gasteiger charge is 2.06. The first-order chi connectivity index (χ1) is 6.07. The molecule has 0 saturated carbocycles. The summed E-state index contributed by atoms with van der Waals surface area (Å²) in [4.78, 5) is 10.7. The molecule has 0 aromatic rings. The number of esters is 1. The van der Waals surface area contributed by atoms with E-state index in [9.17, 15) is 13.2 Å². The van der Waals surface area contributed by atoms with Crippen LogP contribution in [-0.2, 0) is 20.2 Å². The Labute approximate surface area is 78.7 Å². The predicted molar refractivity (Wildman–Crippen MR) is 46.8 cm³/mol. The van der Waals surface area contributed by atoms with E-state index < -0.39 is 28.7 Å². The largest absolute Gasteiger partial charge is 0.439 e. The molecule has 0 saturated heterocycles. The standard InChI is InChI=1S/C7H14O5S/c1-6(13(10)11)3-2-4-7(9)12-5-8/h6,8,13H,2-5H2,1H3. The Morgan fingerprint density at radius 1 is 1.54 bits per heavy atom. The molecule has 0 aliphatic carbocycles. The van der Waals surface area contributed by atoms with Gasteiger partial charge < -0.3 is 9.84 Å². The van der Waals surface area contributed by atoms with E-state index in [4.69, 9.17) is 5.11 Å². The van der Waals surface area contributed by atoms with Crippen LogP contribution in [-0.4, -0.2) is 31.5 Å². The Hall–Kier alpha value is -0.620. The molecule has 1 N–H and O–H groups in total. The van der Waals surface area contributed by atoms with Gasteiger partial charge in [0.15, 0.2) is 6.79 Å². The van der Waals surface area contributed by atoms with Gasteiger partial charge in [-0.1, -0.05) is 0 Å². The molecule has 0 aromatic carbocycles. The molecule has 0 aliphatic heterocycles. The second kappa shape index (κ2) is 6.85. The van der Waals surface area contributed by atoms with E-state index in [1.54, 1.807) is 6.92 Å². The number of aliphatic hydroxyl groups excluding tert-OH is 1. The smallest absolute Gasteiger partial charge is 0.307 e. The van der Waals surface area contributed by atoms with Gasteiger partial charge in [0.25, 0.3) is 0 Å². The third-order valence-corrected chi connectivity index (χ3v) is 2.57. The molecule has 0 amide bonds. The molecule has 1 atom stereocenters. The zero-order valence-corrected chi connectivity index (χ0v) is 8.33. The number of thiol groups is 1. The second-order valence-electron chi connectivity index (χ2n) is 2.67. The Balaban J connectivity index is 3.50. The normalized spacial score (nSPS) is 12.8. The lowest BCUT2D eigenvalue weighted by Crippen LogP contribution is -2.08. The SMILES string of the molecule is CC(CCCC(=O)OCO)[SH](=O)=O. The van der Waals surface area contributed by atoms with Crippen molar-refractivity contribution in [3.05, 3.63) is 0 Å². The van der Waals surface area contributed by atoms with E-state index in [2.05, 4.69) is 4.74 Å². The van der Waals surface area contributed by atoms with Gasteiger partial charge in [0.1, 0.15) is 10.7 Å². The van der Waals surface area contributed by atoms with Crippen molar-refractivity contribution >= 4 is 16.7 Å². The zero-order valence-electron chi connectivity index (χ0n) is 7.43. The van der Waals surface area contributed by atoms with E-state index >= 15 is 0 Å². The molecule has 13 heavy (non-hydrogen) atoms. The topological polar surface area (TPSA) is 80.7 Å². The Morgan fingerprint density at radius 2 is 2.15 bits per heavy atom. The monoisotopic (exact) mass is 210 g/mol. The van der Waals surface area contributed by atoms with Crippen molar-refractivity contribution in [3.8, 4) is 0 Å². The molecule has 78 valence electrons. The summed E-state index contributed by atoms with van der Waals surface area (Å²) < 4.78 is 25.0. The summed E-state index contributed by atoms with van der Waals surface area (Å²) in [5.74, 6) is -0.504. The number of aliphatic hydroxyl groups is 1. The summed E-state index contributed by atoms with van der Waals surface area (Å²) in [6.07, 6.45) is 1.05. The van der Waals surface area contributed by atoms with Gasteiger partial charge in [-0.3, -0.25) is 4.79 Å². The molecule has 0 aromatic heterocycles. The molecular formula is C7H14O5S. The average Bonchev–Trinajstić information content (AvgIpc) is 2.04. The Bertz CT molecular complexity index is 215. The molecule has 0 fully saturated rings. The molecule has 6 heteroatoms. The minimum atomic E-state index is -2.40. The van der Waals surface area contributed by atoms with Crippen LogP contribution in [0.15, 0.2) is 0 Å². The fraction of sp³-hybridized carbons (Fsp3) is 0.857. The molecular weight excluding hydrogens is 196 g/mol. The molecule has 0 rings (SSSR count). The van der Waals surface area contributed by atoms with Crippen LogP contribution in [0.3, 0.4) is 0 Å². The minimum Gasteiger partial charge on any atom is -0.439 e. The second-order valence-corrected chi connectivity index (χ2v) is 4.12.